The fourth-order valence-corrected chi connectivity index (χ4v) is 2.76. The highest BCUT2D eigenvalue weighted by atomic mass is 35.5. The van der Waals surface area contributed by atoms with Crippen LogP contribution in [-0.2, 0) is 6.42 Å². The number of hydrogen-bond acceptors (Lipinski definition) is 1. The van der Waals surface area contributed by atoms with Crippen molar-refractivity contribution in [3.63, 3.8) is 0 Å². The van der Waals surface area contributed by atoms with Crippen molar-refractivity contribution in [2.24, 2.45) is 5.92 Å². The molecule has 1 aliphatic rings. The molecule has 0 radical (unpaired) electrons. The maximum absolute atomic E-state index is 5.99. The molecule has 3 rings (SSSR count). The van der Waals surface area contributed by atoms with Gasteiger partial charge < -0.3 is 5.32 Å². The molecule has 1 saturated carbocycles. The first kappa shape index (κ1) is 13.5. The Kier molecular flexibility index (Phi) is 3.98. The van der Waals surface area contributed by atoms with Gasteiger partial charge in [0.05, 0.1) is 6.04 Å². The van der Waals surface area contributed by atoms with Crippen LogP contribution < -0.4 is 5.32 Å². The van der Waals surface area contributed by atoms with Gasteiger partial charge in [-0.25, -0.2) is 0 Å². The van der Waals surface area contributed by atoms with Gasteiger partial charge >= 0.3 is 0 Å². The summed E-state index contributed by atoms with van der Waals surface area (Å²) in [5.74, 6) is 0.751. The summed E-state index contributed by atoms with van der Waals surface area (Å²) in [6.07, 6.45) is 3.70. The minimum Gasteiger partial charge on any atom is -0.378 e. The van der Waals surface area contributed by atoms with E-state index < -0.39 is 0 Å². The van der Waals surface area contributed by atoms with Gasteiger partial charge in [0.15, 0.2) is 0 Å². The van der Waals surface area contributed by atoms with E-state index >= 15 is 0 Å². The number of anilines is 1. The van der Waals surface area contributed by atoms with Gasteiger partial charge in [0.25, 0.3) is 0 Å². The highest BCUT2D eigenvalue weighted by molar-refractivity contribution is 6.30. The van der Waals surface area contributed by atoms with Crippen molar-refractivity contribution < 1.29 is 0 Å². The molecule has 0 saturated heterocycles. The maximum Gasteiger partial charge on any atom is 0.0542 e. The van der Waals surface area contributed by atoms with E-state index in [0.717, 1.165) is 17.4 Å². The van der Waals surface area contributed by atoms with Crippen molar-refractivity contribution >= 4 is 17.3 Å². The normalized spacial score (nSPS) is 15.9. The number of aryl methyl sites for hydroxylation is 1. The lowest BCUT2D eigenvalue weighted by molar-refractivity contribution is 0.679. The molecule has 0 bridgehead atoms. The van der Waals surface area contributed by atoms with Crippen molar-refractivity contribution in [3.05, 3.63) is 64.7 Å². The largest absolute Gasteiger partial charge is 0.378 e. The third kappa shape index (κ3) is 3.16. The van der Waals surface area contributed by atoms with Gasteiger partial charge in [-0.1, -0.05) is 42.8 Å². The number of hydrogen-bond donors (Lipinski definition) is 1. The second kappa shape index (κ2) is 5.88. The van der Waals surface area contributed by atoms with Gasteiger partial charge in [-0.2, -0.15) is 0 Å². The average Bonchev–Trinajstić information content (AvgIpc) is 3.31. The Bertz CT molecular complexity index is 572. The Morgan fingerprint density at radius 3 is 2.55 bits per heavy atom. The SMILES string of the molecule is CCc1cccc(NC(c2ccc(Cl)cc2)C2CC2)c1. The van der Waals surface area contributed by atoms with Gasteiger partial charge in [0.1, 0.15) is 0 Å². The van der Waals surface area contributed by atoms with E-state index in [1.165, 1.54) is 29.7 Å². The van der Waals surface area contributed by atoms with Crippen LogP contribution >= 0.6 is 11.6 Å². The summed E-state index contributed by atoms with van der Waals surface area (Å²) in [6.45, 7) is 2.19. The molecule has 1 N–H and O–H groups in total. The van der Waals surface area contributed by atoms with Crippen molar-refractivity contribution in [2.75, 3.05) is 5.32 Å². The molecular weight excluding hydrogens is 266 g/mol. The monoisotopic (exact) mass is 285 g/mol. The molecule has 0 spiro atoms. The highest BCUT2D eigenvalue weighted by Gasteiger charge is 2.32. The van der Waals surface area contributed by atoms with Crippen LogP contribution in [0.4, 0.5) is 5.69 Å². The summed E-state index contributed by atoms with van der Waals surface area (Å²) < 4.78 is 0. The van der Waals surface area contributed by atoms with Gasteiger partial charge in [-0.3, -0.25) is 0 Å². The van der Waals surface area contributed by atoms with E-state index in [-0.39, 0.29) is 0 Å². The van der Waals surface area contributed by atoms with Crippen molar-refractivity contribution in [1.29, 1.82) is 0 Å². The Balaban J connectivity index is 1.82. The Hall–Kier alpha value is -1.47. The summed E-state index contributed by atoms with van der Waals surface area (Å²) in [5.41, 5.74) is 3.93. The van der Waals surface area contributed by atoms with Crippen molar-refractivity contribution in [1.82, 2.24) is 0 Å². The second-order valence-electron chi connectivity index (χ2n) is 5.56. The zero-order valence-electron chi connectivity index (χ0n) is 11.8. The fraction of sp³-hybridized carbons (Fsp3) is 0.333. The predicted octanol–water partition coefficient (Wildman–Crippen LogP) is 5.47. The molecule has 0 aliphatic heterocycles. The molecule has 0 aromatic heterocycles. The van der Waals surface area contributed by atoms with Crippen LogP contribution in [0.15, 0.2) is 48.5 Å². The van der Waals surface area contributed by atoms with Crippen LogP contribution in [0.5, 0.6) is 0 Å². The number of rotatable bonds is 5. The van der Waals surface area contributed by atoms with Crippen LogP contribution in [0.2, 0.25) is 5.02 Å². The first-order chi connectivity index (χ1) is 9.76. The molecule has 1 unspecified atom stereocenters. The van der Waals surface area contributed by atoms with E-state index in [4.69, 9.17) is 11.6 Å². The zero-order chi connectivity index (χ0) is 13.9. The van der Waals surface area contributed by atoms with Crippen LogP contribution in [0.25, 0.3) is 0 Å². The highest BCUT2D eigenvalue weighted by Crippen LogP contribution is 2.43. The smallest absolute Gasteiger partial charge is 0.0542 e. The predicted molar refractivity (Wildman–Crippen MR) is 86.4 cm³/mol. The Labute approximate surface area is 126 Å². The lowest BCUT2D eigenvalue weighted by atomic mass is 10.0. The summed E-state index contributed by atoms with van der Waals surface area (Å²) in [6, 6.07) is 17.4. The minimum atomic E-state index is 0.402. The molecule has 1 aliphatic carbocycles. The lowest BCUT2D eigenvalue weighted by Crippen LogP contribution is -2.12. The Morgan fingerprint density at radius 1 is 1.15 bits per heavy atom. The molecular formula is C18H20ClN. The lowest BCUT2D eigenvalue weighted by Gasteiger charge is -2.20. The number of halogens is 1. The van der Waals surface area contributed by atoms with Gasteiger partial charge in [0, 0.05) is 10.7 Å². The molecule has 1 nitrogen and oxygen atoms in total. The third-order valence-corrected chi connectivity index (χ3v) is 4.23. The molecule has 2 aromatic rings. The molecule has 0 amide bonds. The second-order valence-corrected chi connectivity index (χ2v) is 6.00. The van der Waals surface area contributed by atoms with Crippen LogP contribution in [0, 0.1) is 5.92 Å². The van der Waals surface area contributed by atoms with Crippen LogP contribution in [0.3, 0.4) is 0 Å². The van der Waals surface area contributed by atoms with Crippen molar-refractivity contribution in [2.45, 2.75) is 32.2 Å². The maximum atomic E-state index is 5.99. The zero-order valence-corrected chi connectivity index (χ0v) is 12.5. The summed E-state index contributed by atoms with van der Waals surface area (Å²) in [7, 11) is 0. The summed E-state index contributed by atoms with van der Waals surface area (Å²) in [5, 5.41) is 4.51. The first-order valence-electron chi connectivity index (χ1n) is 7.37. The average molecular weight is 286 g/mol. The standard InChI is InChI=1S/C18H20ClN/c1-2-13-4-3-5-17(12-13)20-18(14-6-7-14)15-8-10-16(19)11-9-15/h3-5,8-12,14,18,20H,2,6-7H2,1H3. The van der Waals surface area contributed by atoms with Gasteiger partial charge in [0.2, 0.25) is 0 Å². The quantitative estimate of drug-likeness (QED) is 0.768. The summed E-state index contributed by atoms with van der Waals surface area (Å²) in [4.78, 5) is 0. The molecule has 20 heavy (non-hydrogen) atoms. The van der Waals surface area contributed by atoms with E-state index in [0.29, 0.717) is 6.04 Å². The summed E-state index contributed by atoms with van der Waals surface area (Å²) >= 11 is 5.99. The van der Waals surface area contributed by atoms with E-state index in [1.54, 1.807) is 0 Å². The van der Waals surface area contributed by atoms with E-state index in [9.17, 15) is 0 Å². The molecule has 2 heteroatoms. The fourth-order valence-electron chi connectivity index (χ4n) is 2.63. The topological polar surface area (TPSA) is 12.0 Å². The van der Waals surface area contributed by atoms with Crippen LogP contribution in [-0.4, -0.2) is 0 Å². The van der Waals surface area contributed by atoms with Gasteiger partial charge in [-0.15, -0.1) is 0 Å². The minimum absolute atomic E-state index is 0.402. The van der Waals surface area contributed by atoms with Crippen molar-refractivity contribution in [3.8, 4) is 0 Å². The van der Waals surface area contributed by atoms with Crippen LogP contribution in [0.1, 0.15) is 36.9 Å². The molecule has 104 valence electrons. The van der Waals surface area contributed by atoms with E-state index in [1.807, 2.05) is 12.1 Å². The van der Waals surface area contributed by atoms with E-state index in [2.05, 4.69) is 48.6 Å². The molecule has 2 aromatic carbocycles. The van der Waals surface area contributed by atoms with Gasteiger partial charge in [-0.05, 0) is 60.6 Å². The Morgan fingerprint density at radius 2 is 1.90 bits per heavy atom. The molecule has 1 fully saturated rings. The first-order valence-corrected chi connectivity index (χ1v) is 7.75. The number of benzene rings is 2. The third-order valence-electron chi connectivity index (χ3n) is 3.98. The number of nitrogens with one attached hydrogen (secondary N) is 1. The molecule has 1 atom stereocenters. The molecule has 0 heterocycles.